The van der Waals surface area contributed by atoms with E-state index in [1.54, 1.807) is 0 Å². The van der Waals surface area contributed by atoms with Gasteiger partial charge in [0, 0.05) is 47.3 Å². The molecule has 1 atom stereocenters. The zero-order valence-corrected chi connectivity index (χ0v) is 20.8. The van der Waals surface area contributed by atoms with Crippen molar-refractivity contribution in [2.75, 3.05) is 5.32 Å². The maximum absolute atomic E-state index is 13.4. The number of nitrogens with zero attached hydrogens (tertiary/aromatic N) is 6. The van der Waals surface area contributed by atoms with Crippen molar-refractivity contribution in [2.45, 2.75) is 18.8 Å². The van der Waals surface area contributed by atoms with E-state index in [4.69, 9.17) is 9.41 Å². The molecule has 0 amide bonds. The van der Waals surface area contributed by atoms with Crippen LogP contribution in [0, 0.1) is 6.08 Å². The van der Waals surface area contributed by atoms with Crippen molar-refractivity contribution < 1.29 is 26.8 Å². The molecule has 3 aromatic heterocycles. The molecule has 4 heterocycles. The third kappa shape index (κ3) is 5.29. The van der Waals surface area contributed by atoms with E-state index in [2.05, 4.69) is 30.5 Å². The molecular formula is C28H17F4N7O2. The van der Waals surface area contributed by atoms with E-state index < -0.39 is 24.0 Å². The number of halogens is 4. The Morgan fingerprint density at radius 2 is 1.59 bits per heavy atom. The Kier molecular flexibility index (Phi) is 6.53. The summed E-state index contributed by atoms with van der Waals surface area (Å²) in [7, 11) is 0. The number of nitrogens with one attached hydrogen (secondary N) is 1. The lowest BCUT2D eigenvalue weighted by Crippen LogP contribution is -2.29. The number of alkyl halides is 3. The molecule has 1 aliphatic heterocycles. The summed E-state index contributed by atoms with van der Waals surface area (Å²) < 4.78 is 59.3. The third-order valence-corrected chi connectivity index (χ3v) is 6.28. The molecule has 2 aromatic carbocycles. The second kappa shape index (κ2) is 10.3. The second-order valence-corrected chi connectivity index (χ2v) is 8.96. The quantitative estimate of drug-likeness (QED) is 0.232. The van der Waals surface area contributed by atoms with Gasteiger partial charge in [0.1, 0.15) is 5.69 Å². The molecule has 0 saturated carbocycles. The Balaban J connectivity index is 1.37. The number of fused-ring (bicyclic) bond motifs is 1. The molecule has 1 unspecified atom stereocenters. The van der Waals surface area contributed by atoms with Crippen LogP contribution in [0.25, 0.3) is 22.7 Å². The molecule has 6 rings (SSSR count). The molecule has 0 saturated heterocycles. The minimum absolute atomic E-state index is 0.0431. The molecule has 0 bridgehead atoms. The standard InChI is InChI=1S/C28H17F4N7O2/c29-26-34-12-17(13-35-26)20-11-18(28(30,31)32)14-33-23(20)25-38-39-27(41-25)37-24-21(40)10-16-8-4-5-9-19(16)22(36-24)15-6-2-1-3-7-15/h1-9,11-14,24H,10H2,(H,37,39). The second-order valence-electron chi connectivity index (χ2n) is 8.96. The first kappa shape index (κ1) is 25.9. The Hall–Kier alpha value is -5.33. The van der Waals surface area contributed by atoms with Crippen molar-refractivity contribution in [3.63, 3.8) is 0 Å². The van der Waals surface area contributed by atoms with Crippen molar-refractivity contribution in [3.05, 3.63) is 108 Å². The summed E-state index contributed by atoms with van der Waals surface area (Å²) in [6, 6.07) is 17.4. The fraction of sp³-hybridized carbons (Fsp3) is 0.107. The maximum Gasteiger partial charge on any atom is 0.417 e. The van der Waals surface area contributed by atoms with Crippen molar-refractivity contribution in [1.82, 2.24) is 25.1 Å². The topological polar surface area (TPSA) is 119 Å². The highest BCUT2D eigenvalue weighted by molar-refractivity contribution is 6.16. The van der Waals surface area contributed by atoms with E-state index >= 15 is 0 Å². The number of ketones is 1. The van der Waals surface area contributed by atoms with Crippen LogP contribution in [0.2, 0.25) is 0 Å². The van der Waals surface area contributed by atoms with E-state index in [0.717, 1.165) is 35.2 Å². The van der Waals surface area contributed by atoms with Crippen LogP contribution in [0.3, 0.4) is 0 Å². The maximum atomic E-state index is 13.4. The minimum Gasteiger partial charge on any atom is -0.402 e. The molecule has 204 valence electrons. The van der Waals surface area contributed by atoms with Crippen LogP contribution in [0.5, 0.6) is 0 Å². The molecule has 13 heteroatoms. The lowest BCUT2D eigenvalue weighted by molar-refractivity contribution is -0.137. The highest BCUT2D eigenvalue weighted by Crippen LogP contribution is 2.36. The van der Waals surface area contributed by atoms with Gasteiger partial charge in [0.15, 0.2) is 11.9 Å². The Labute approximate surface area is 229 Å². The van der Waals surface area contributed by atoms with Gasteiger partial charge < -0.3 is 9.73 Å². The summed E-state index contributed by atoms with van der Waals surface area (Å²) in [6.07, 6.45) is -4.12. The van der Waals surface area contributed by atoms with Gasteiger partial charge in [-0.25, -0.2) is 15.0 Å². The van der Waals surface area contributed by atoms with E-state index in [0.29, 0.717) is 11.9 Å². The van der Waals surface area contributed by atoms with Gasteiger partial charge in [-0.1, -0.05) is 59.7 Å². The molecule has 41 heavy (non-hydrogen) atoms. The van der Waals surface area contributed by atoms with Gasteiger partial charge in [0.2, 0.25) is 0 Å². The van der Waals surface area contributed by atoms with Crippen LogP contribution in [0.4, 0.5) is 23.6 Å². The summed E-state index contributed by atoms with van der Waals surface area (Å²) in [6.45, 7) is 0. The summed E-state index contributed by atoms with van der Waals surface area (Å²) in [5, 5.41) is 10.7. The average Bonchev–Trinajstić information content (AvgIpc) is 3.38. The number of hydrogen-bond acceptors (Lipinski definition) is 9. The van der Waals surface area contributed by atoms with Crippen molar-refractivity contribution in [3.8, 4) is 22.7 Å². The molecule has 1 N–H and O–H groups in total. The molecule has 0 radical (unpaired) electrons. The molecular weight excluding hydrogens is 542 g/mol. The predicted octanol–water partition coefficient (Wildman–Crippen LogP) is 5.15. The normalized spacial score (nSPS) is 15.2. The first-order valence-electron chi connectivity index (χ1n) is 12.2. The number of pyridine rings is 1. The van der Waals surface area contributed by atoms with Crippen molar-refractivity contribution in [2.24, 2.45) is 4.99 Å². The summed E-state index contributed by atoms with van der Waals surface area (Å²) in [5.74, 6) is -0.517. The van der Waals surface area contributed by atoms with Crippen LogP contribution in [-0.4, -0.2) is 42.8 Å². The fourth-order valence-electron chi connectivity index (χ4n) is 4.36. The lowest BCUT2D eigenvalue weighted by atomic mass is 9.96. The lowest BCUT2D eigenvalue weighted by Gasteiger charge is -2.12. The zero-order valence-electron chi connectivity index (χ0n) is 20.8. The van der Waals surface area contributed by atoms with Gasteiger partial charge in [-0.15, -0.1) is 5.10 Å². The SMILES string of the molecule is O=C1Cc2ccccc2C(c2ccccc2)=NC1Nc1nnc(-c2ncc(C(F)(F)F)cc2-c2cnc(F)nc2)o1. The molecule has 0 fully saturated rings. The summed E-state index contributed by atoms with van der Waals surface area (Å²) in [5.41, 5.74) is 1.76. The number of aromatic nitrogens is 5. The van der Waals surface area contributed by atoms with E-state index in [1.165, 1.54) is 0 Å². The molecule has 9 nitrogen and oxygen atoms in total. The minimum atomic E-state index is -4.70. The van der Waals surface area contributed by atoms with Gasteiger partial charge in [-0.2, -0.15) is 17.6 Å². The largest absolute Gasteiger partial charge is 0.417 e. The monoisotopic (exact) mass is 559 g/mol. The van der Waals surface area contributed by atoms with E-state index in [1.807, 2.05) is 54.6 Å². The predicted molar refractivity (Wildman–Crippen MR) is 138 cm³/mol. The number of carbonyl (C=O) groups is 1. The molecule has 5 aromatic rings. The average molecular weight is 559 g/mol. The van der Waals surface area contributed by atoms with Gasteiger partial charge >= 0.3 is 18.3 Å². The number of rotatable bonds is 5. The third-order valence-electron chi connectivity index (χ3n) is 6.28. The number of aliphatic imine (C=N–C) groups is 1. The van der Waals surface area contributed by atoms with Crippen LogP contribution in [-0.2, 0) is 17.4 Å². The number of Topliss-reactive ketones (excluding diaryl/α,β-unsaturated/α-hetero) is 1. The van der Waals surface area contributed by atoms with Gasteiger partial charge in [0.25, 0.3) is 5.89 Å². The molecule has 1 aliphatic rings. The Bertz CT molecular complexity index is 1770. The van der Waals surface area contributed by atoms with E-state index in [-0.39, 0.29) is 40.9 Å². The number of hydrogen-bond donors (Lipinski definition) is 1. The van der Waals surface area contributed by atoms with Gasteiger partial charge in [-0.05, 0) is 11.6 Å². The highest BCUT2D eigenvalue weighted by atomic mass is 19.4. The van der Waals surface area contributed by atoms with Crippen LogP contribution < -0.4 is 5.32 Å². The first-order chi connectivity index (χ1) is 19.8. The Morgan fingerprint density at radius 3 is 2.34 bits per heavy atom. The van der Waals surface area contributed by atoms with Crippen molar-refractivity contribution in [1.29, 1.82) is 0 Å². The van der Waals surface area contributed by atoms with Crippen LogP contribution >= 0.6 is 0 Å². The molecule has 0 spiro atoms. The first-order valence-corrected chi connectivity index (χ1v) is 12.2. The molecule has 0 aliphatic carbocycles. The number of carbonyl (C=O) groups excluding carboxylic acids is 1. The number of benzene rings is 2. The number of anilines is 1. The van der Waals surface area contributed by atoms with Crippen LogP contribution in [0.15, 0.2) is 88.7 Å². The van der Waals surface area contributed by atoms with Gasteiger partial charge in [-0.3, -0.25) is 9.79 Å². The zero-order chi connectivity index (χ0) is 28.6. The fourth-order valence-corrected chi connectivity index (χ4v) is 4.36. The highest BCUT2D eigenvalue weighted by Gasteiger charge is 2.33. The Morgan fingerprint density at radius 1 is 0.854 bits per heavy atom. The summed E-state index contributed by atoms with van der Waals surface area (Å²) >= 11 is 0. The van der Waals surface area contributed by atoms with Gasteiger partial charge in [0.05, 0.1) is 11.3 Å². The van der Waals surface area contributed by atoms with Crippen LogP contribution in [0.1, 0.15) is 22.3 Å². The smallest absolute Gasteiger partial charge is 0.402 e. The van der Waals surface area contributed by atoms with E-state index in [9.17, 15) is 22.4 Å². The summed E-state index contributed by atoms with van der Waals surface area (Å²) in [4.78, 5) is 28.6. The van der Waals surface area contributed by atoms with Crippen molar-refractivity contribution >= 4 is 17.5 Å².